The van der Waals surface area contributed by atoms with Crippen LogP contribution in [0, 0.1) is 6.92 Å². The minimum absolute atomic E-state index is 0.0436. The number of carbonyl (C=O) groups excluding carboxylic acids is 2. The van der Waals surface area contributed by atoms with Crippen molar-refractivity contribution >= 4 is 44.8 Å². The standard InChI is InChI=1S/C36H32ClN3O4S/c1-26-15-21-30(22-16-26)45(43,44)40(25-28-17-19-29(37)20-18-28)34-14-8-6-12-32(34)36(42)39-33-13-7-5-11-31(33)35(41)38-24-23-27-9-3-2-4-10-27/h2-22H,23-25H2,1H3,(H,38,41)(H,39,42). The topological polar surface area (TPSA) is 95.6 Å². The Kier molecular flexibility index (Phi) is 9.97. The van der Waals surface area contributed by atoms with Gasteiger partial charge in [-0.3, -0.25) is 13.9 Å². The van der Waals surface area contributed by atoms with E-state index in [0.29, 0.717) is 34.8 Å². The van der Waals surface area contributed by atoms with E-state index < -0.39 is 15.9 Å². The lowest BCUT2D eigenvalue weighted by molar-refractivity contribution is 0.0955. The molecule has 0 aliphatic carbocycles. The van der Waals surface area contributed by atoms with Crippen molar-refractivity contribution in [3.05, 3.63) is 160 Å². The highest BCUT2D eigenvalue weighted by Crippen LogP contribution is 2.30. The molecule has 0 spiro atoms. The van der Waals surface area contributed by atoms with Gasteiger partial charge in [0.2, 0.25) is 0 Å². The van der Waals surface area contributed by atoms with E-state index in [1.54, 1.807) is 97.1 Å². The molecule has 0 saturated heterocycles. The third kappa shape index (κ3) is 7.78. The van der Waals surface area contributed by atoms with E-state index in [1.165, 1.54) is 4.31 Å². The number of carbonyl (C=O) groups is 2. The molecular formula is C36H32ClN3O4S. The van der Waals surface area contributed by atoms with Crippen LogP contribution in [0.2, 0.25) is 5.02 Å². The van der Waals surface area contributed by atoms with Crippen molar-refractivity contribution in [2.24, 2.45) is 0 Å². The maximum Gasteiger partial charge on any atom is 0.264 e. The molecule has 2 N–H and O–H groups in total. The Balaban J connectivity index is 1.44. The maximum atomic E-state index is 14.1. The van der Waals surface area contributed by atoms with Crippen LogP contribution in [0.25, 0.3) is 0 Å². The number of anilines is 2. The average Bonchev–Trinajstić information content (AvgIpc) is 3.05. The van der Waals surface area contributed by atoms with Crippen LogP contribution in [0.15, 0.2) is 132 Å². The summed E-state index contributed by atoms with van der Waals surface area (Å²) < 4.78 is 29.4. The van der Waals surface area contributed by atoms with Crippen molar-refractivity contribution < 1.29 is 18.0 Å². The van der Waals surface area contributed by atoms with Crippen LogP contribution >= 0.6 is 11.6 Å². The zero-order valence-electron chi connectivity index (χ0n) is 24.6. The van der Waals surface area contributed by atoms with Gasteiger partial charge in [-0.05, 0) is 73.0 Å². The summed E-state index contributed by atoms with van der Waals surface area (Å²) in [5.41, 5.74) is 3.61. The minimum Gasteiger partial charge on any atom is -0.352 e. The van der Waals surface area contributed by atoms with E-state index >= 15 is 0 Å². The Hall–Kier alpha value is -4.92. The Labute approximate surface area is 268 Å². The molecule has 5 rings (SSSR count). The van der Waals surface area contributed by atoms with Crippen molar-refractivity contribution in [3.8, 4) is 0 Å². The Morgan fingerprint density at radius 1 is 0.689 bits per heavy atom. The van der Waals surface area contributed by atoms with Gasteiger partial charge in [0.1, 0.15) is 0 Å². The number of halogens is 1. The summed E-state index contributed by atoms with van der Waals surface area (Å²) in [4.78, 5) is 27.1. The van der Waals surface area contributed by atoms with Gasteiger partial charge >= 0.3 is 0 Å². The van der Waals surface area contributed by atoms with Gasteiger partial charge in [-0.2, -0.15) is 0 Å². The number of para-hydroxylation sites is 2. The van der Waals surface area contributed by atoms with E-state index in [4.69, 9.17) is 11.6 Å². The van der Waals surface area contributed by atoms with Gasteiger partial charge in [-0.15, -0.1) is 0 Å². The van der Waals surface area contributed by atoms with Gasteiger partial charge in [0.05, 0.1) is 33.9 Å². The summed E-state index contributed by atoms with van der Waals surface area (Å²) in [5.74, 6) is -0.892. The van der Waals surface area contributed by atoms with Gasteiger partial charge in [0.15, 0.2) is 0 Å². The predicted molar refractivity (Wildman–Crippen MR) is 179 cm³/mol. The number of benzene rings is 5. The molecule has 5 aromatic carbocycles. The lowest BCUT2D eigenvalue weighted by atomic mass is 10.1. The second kappa shape index (κ2) is 14.2. The lowest BCUT2D eigenvalue weighted by Gasteiger charge is -2.27. The van der Waals surface area contributed by atoms with Gasteiger partial charge in [-0.25, -0.2) is 8.42 Å². The second-order valence-electron chi connectivity index (χ2n) is 10.5. The van der Waals surface area contributed by atoms with Gasteiger partial charge in [0.25, 0.3) is 21.8 Å². The fourth-order valence-electron chi connectivity index (χ4n) is 4.82. The molecule has 2 amide bonds. The fraction of sp³-hybridized carbons (Fsp3) is 0.111. The Morgan fingerprint density at radius 3 is 2.02 bits per heavy atom. The summed E-state index contributed by atoms with van der Waals surface area (Å²) in [6.45, 7) is 2.26. The van der Waals surface area contributed by atoms with E-state index in [2.05, 4.69) is 10.6 Å². The van der Waals surface area contributed by atoms with Crippen molar-refractivity contribution in [1.82, 2.24) is 5.32 Å². The number of hydrogen-bond acceptors (Lipinski definition) is 4. The van der Waals surface area contributed by atoms with Crippen molar-refractivity contribution in [2.45, 2.75) is 24.8 Å². The summed E-state index contributed by atoms with van der Waals surface area (Å²) in [5, 5.41) is 6.28. The molecule has 0 bridgehead atoms. The van der Waals surface area contributed by atoms with Crippen molar-refractivity contribution in [2.75, 3.05) is 16.2 Å². The molecule has 0 aliphatic heterocycles. The molecule has 0 aliphatic rings. The maximum absolute atomic E-state index is 14.1. The Bertz CT molecular complexity index is 1900. The first-order chi connectivity index (χ1) is 21.7. The van der Waals surface area contributed by atoms with Crippen LogP contribution in [-0.4, -0.2) is 26.8 Å². The molecule has 0 unspecified atom stereocenters. The number of sulfonamides is 1. The van der Waals surface area contributed by atoms with Crippen LogP contribution in [-0.2, 0) is 23.0 Å². The molecule has 0 saturated carbocycles. The van der Waals surface area contributed by atoms with Crippen LogP contribution in [0.1, 0.15) is 37.4 Å². The molecule has 5 aromatic rings. The van der Waals surface area contributed by atoms with E-state index in [9.17, 15) is 18.0 Å². The highest BCUT2D eigenvalue weighted by molar-refractivity contribution is 7.92. The molecule has 7 nitrogen and oxygen atoms in total. The molecule has 45 heavy (non-hydrogen) atoms. The van der Waals surface area contributed by atoms with Crippen molar-refractivity contribution in [3.63, 3.8) is 0 Å². The monoisotopic (exact) mass is 637 g/mol. The molecule has 0 aromatic heterocycles. The van der Waals surface area contributed by atoms with Gasteiger partial charge in [-0.1, -0.05) is 96.0 Å². The molecular weight excluding hydrogens is 606 g/mol. The zero-order valence-corrected chi connectivity index (χ0v) is 26.2. The number of rotatable bonds is 11. The van der Waals surface area contributed by atoms with Crippen LogP contribution in [0.4, 0.5) is 11.4 Å². The summed E-state index contributed by atoms with van der Waals surface area (Å²) in [6, 6.07) is 36.5. The second-order valence-corrected chi connectivity index (χ2v) is 12.8. The zero-order chi connectivity index (χ0) is 31.8. The van der Waals surface area contributed by atoms with Crippen LogP contribution < -0.4 is 14.9 Å². The predicted octanol–water partition coefficient (Wildman–Crippen LogP) is 7.27. The normalized spacial score (nSPS) is 11.1. The molecule has 0 fully saturated rings. The molecule has 228 valence electrons. The first-order valence-electron chi connectivity index (χ1n) is 14.4. The third-order valence-electron chi connectivity index (χ3n) is 7.23. The van der Waals surface area contributed by atoms with Gasteiger partial charge in [0, 0.05) is 11.6 Å². The summed E-state index contributed by atoms with van der Waals surface area (Å²) in [6.07, 6.45) is 0.660. The van der Waals surface area contributed by atoms with Gasteiger partial charge < -0.3 is 10.6 Å². The molecule has 0 radical (unpaired) electrons. The summed E-state index contributed by atoms with van der Waals surface area (Å²) in [7, 11) is -4.11. The highest BCUT2D eigenvalue weighted by Gasteiger charge is 2.29. The fourth-order valence-corrected chi connectivity index (χ4v) is 6.41. The SMILES string of the molecule is Cc1ccc(S(=O)(=O)N(Cc2ccc(Cl)cc2)c2ccccc2C(=O)Nc2ccccc2C(=O)NCCc2ccccc2)cc1. The molecule has 0 heterocycles. The first-order valence-corrected chi connectivity index (χ1v) is 16.2. The number of nitrogens with zero attached hydrogens (tertiary/aromatic N) is 1. The van der Waals surface area contributed by atoms with Crippen LogP contribution in [0.5, 0.6) is 0 Å². The van der Waals surface area contributed by atoms with Crippen LogP contribution in [0.3, 0.4) is 0 Å². The number of amides is 2. The highest BCUT2D eigenvalue weighted by atomic mass is 35.5. The molecule has 0 atom stereocenters. The molecule has 9 heteroatoms. The van der Waals surface area contributed by atoms with E-state index in [0.717, 1.165) is 11.1 Å². The number of hydrogen-bond donors (Lipinski definition) is 2. The lowest BCUT2D eigenvalue weighted by Crippen LogP contribution is -2.32. The van der Waals surface area contributed by atoms with E-state index in [1.807, 2.05) is 37.3 Å². The average molecular weight is 638 g/mol. The van der Waals surface area contributed by atoms with Crippen molar-refractivity contribution in [1.29, 1.82) is 0 Å². The quantitative estimate of drug-likeness (QED) is 0.159. The Morgan fingerprint density at radius 2 is 1.31 bits per heavy atom. The third-order valence-corrected chi connectivity index (χ3v) is 9.25. The number of aryl methyl sites for hydroxylation is 1. The largest absolute Gasteiger partial charge is 0.352 e. The van der Waals surface area contributed by atoms with E-state index in [-0.39, 0.29) is 28.6 Å². The number of nitrogens with one attached hydrogen (secondary N) is 2. The smallest absolute Gasteiger partial charge is 0.264 e. The minimum atomic E-state index is -4.11. The first kappa shape index (κ1) is 31.5. The summed E-state index contributed by atoms with van der Waals surface area (Å²) >= 11 is 6.09.